The lowest BCUT2D eigenvalue weighted by atomic mass is 9.92. The SMILES string of the molecule is Cc1cc(N2CCC[C@](O)(CNC(=O)c3n[nH]c4c3CCC4)C2)ncn1. The van der Waals surface area contributed by atoms with Crippen LogP contribution in [-0.4, -0.2) is 56.4 Å². The average molecular weight is 356 g/mol. The molecule has 0 spiro atoms. The van der Waals surface area contributed by atoms with Crippen molar-refractivity contribution in [1.29, 1.82) is 0 Å². The number of β-amino-alcohol motifs (C(OH)–C–C–N with tert-alkyl or cyclic N) is 1. The quantitative estimate of drug-likeness (QED) is 0.747. The highest BCUT2D eigenvalue weighted by Crippen LogP contribution is 2.25. The standard InChI is InChI=1S/C18H24N6O2/c1-12-8-15(21-11-20-12)24-7-3-6-18(26,10-24)9-19-17(25)16-13-4-2-5-14(13)22-23-16/h8,11,26H,2-7,9-10H2,1H3,(H,19,25)(H,22,23)/t18-/m0/s1. The molecule has 3 N–H and O–H groups in total. The first-order chi connectivity index (χ1) is 12.5. The Morgan fingerprint density at radius 2 is 2.27 bits per heavy atom. The second-order valence-electron chi connectivity index (χ2n) is 7.33. The van der Waals surface area contributed by atoms with E-state index < -0.39 is 5.60 Å². The van der Waals surface area contributed by atoms with Crippen LogP contribution in [0, 0.1) is 6.92 Å². The Morgan fingerprint density at radius 1 is 1.38 bits per heavy atom. The van der Waals surface area contributed by atoms with Gasteiger partial charge in [-0.05, 0) is 39.0 Å². The number of rotatable bonds is 4. The number of aliphatic hydroxyl groups is 1. The molecule has 0 radical (unpaired) electrons. The normalized spacial score (nSPS) is 22.3. The van der Waals surface area contributed by atoms with Crippen LogP contribution in [0.2, 0.25) is 0 Å². The molecule has 0 saturated carbocycles. The van der Waals surface area contributed by atoms with Crippen molar-refractivity contribution in [2.75, 3.05) is 24.5 Å². The Hall–Kier alpha value is -2.48. The number of aromatic amines is 1. The van der Waals surface area contributed by atoms with Gasteiger partial charge in [0.1, 0.15) is 12.1 Å². The summed E-state index contributed by atoms with van der Waals surface area (Å²) < 4.78 is 0. The molecule has 0 bridgehead atoms. The maximum Gasteiger partial charge on any atom is 0.272 e. The zero-order chi connectivity index (χ0) is 18.1. The molecule has 138 valence electrons. The van der Waals surface area contributed by atoms with E-state index in [0.717, 1.165) is 55.0 Å². The molecule has 1 aliphatic heterocycles. The number of hydrogen-bond acceptors (Lipinski definition) is 6. The molecule has 1 amide bonds. The van der Waals surface area contributed by atoms with E-state index in [9.17, 15) is 9.90 Å². The van der Waals surface area contributed by atoms with Crippen molar-refractivity contribution in [1.82, 2.24) is 25.5 Å². The molecule has 2 aromatic heterocycles. The minimum atomic E-state index is -0.980. The first-order valence-corrected chi connectivity index (χ1v) is 9.14. The predicted molar refractivity (Wildman–Crippen MR) is 96.1 cm³/mol. The monoisotopic (exact) mass is 356 g/mol. The lowest BCUT2D eigenvalue weighted by Crippen LogP contribution is -2.54. The van der Waals surface area contributed by atoms with E-state index in [4.69, 9.17) is 0 Å². The summed E-state index contributed by atoms with van der Waals surface area (Å²) in [6, 6.07) is 1.91. The number of carbonyl (C=O) groups is 1. The van der Waals surface area contributed by atoms with Crippen LogP contribution in [0.5, 0.6) is 0 Å². The number of H-pyrrole nitrogens is 1. The summed E-state index contributed by atoms with van der Waals surface area (Å²) in [7, 11) is 0. The molecule has 8 nitrogen and oxygen atoms in total. The van der Waals surface area contributed by atoms with Gasteiger partial charge in [0.05, 0.1) is 5.60 Å². The van der Waals surface area contributed by atoms with Crippen molar-refractivity contribution in [2.45, 2.75) is 44.6 Å². The summed E-state index contributed by atoms with van der Waals surface area (Å²) in [5.74, 6) is 0.597. The van der Waals surface area contributed by atoms with Gasteiger partial charge in [-0.1, -0.05) is 0 Å². The molecule has 26 heavy (non-hydrogen) atoms. The highest BCUT2D eigenvalue weighted by Gasteiger charge is 2.35. The fraction of sp³-hybridized carbons (Fsp3) is 0.556. The van der Waals surface area contributed by atoms with Gasteiger partial charge in [0.25, 0.3) is 5.91 Å². The molecule has 3 heterocycles. The number of aromatic nitrogens is 4. The number of hydrogen-bond donors (Lipinski definition) is 3. The molecule has 1 saturated heterocycles. The fourth-order valence-corrected chi connectivity index (χ4v) is 3.90. The number of nitrogens with zero attached hydrogens (tertiary/aromatic N) is 4. The van der Waals surface area contributed by atoms with E-state index in [1.165, 1.54) is 6.33 Å². The summed E-state index contributed by atoms with van der Waals surface area (Å²) in [5.41, 5.74) is 2.48. The summed E-state index contributed by atoms with van der Waals surface area (Å²) in [6.45, 7) is 3.39. The van der Waals surface area contributed by atoms with Gasteiger partial charge in [0, 0.05) is 42.7 Å². The second-order valence-corrected chi connectivity index (χ2v) is 7.33. The maximum absolute atomic E-state index is 12.5. The summed E-state index contributed by atoms with van der Waals surface area (Å²) in [5, 5.41) is 21.0. The van der Waals surface area contributed by atoms with Crippen molar-refractivity contribution >= 4 is 11.7 Å². The molecule has 2 aromatic rings. The highest BCUT2D eigenvalue weighted by molar-refractivity contribution is 5.94. The van der Waals surface area contributed by atoms with Crippen molar-refractivity contribution < 1.29 is 9.90 Å². The van der Waals surface area contributed by atoms with Gasteiger partial charge in [-0.25, -0.2) is 9.97 Å². The number of aryl methyl sites for hydroxylation is 2. The van der Waals surface area contributed by atoms with E-state index in [0.29, 0.717) is 18.7 Å². The van der Waals surface area contributed by atoms with Gasteiger partial charge in [-0.2, -0.15) is 5.10 Å². The Kier molecular flexibility index (Phi) is 4.36. The molecule has 8 heteroatoms. The molecular weight excluding hydrogens is 332 g/mol. The van der Waals surface area contributed by atoms with Crippen LogP contribution in [0.3, 0.4) is 0 Å². The van der Waals surface area contributed by atoms with E-state index in [2.05, 4.69) is 30.4 Å². The zero-order valence-electron chi connectivity index (χ0n) is 15.0. The molecule has 1 fully saturated rings. The molecule has 0 unspecified atom stereocenters. The van der Waals surface area contributed by atoms with Gasteiger partial charge in [-0.15, -0.1) is 0 Å². The van der Waals surface area contributed by atoms with Crippen LogP contribution in [-0.2, 0) is 12.8 Å². The van der Waals surface area contributed by atoms with Gasteiger partial charge in [0.15, 0.2) is 5.69 Å². The molecular formula is C18H24N6O2. The number of nitrogens with one attached hydrogen (secondary N) is 2. The first-order valence-electron chi connectivity index (χ1n) is 9.14. The van der Waals surface area contributed by atoms with Crippen molar-refractivity contribution in [3.8, 4) is 0 Å². The predicted octanol–water partition coefficient (Wildman–Crippen LogP) is 0.758. The number of carbonyl (C=O) groups excluding carboxylic acids is 1. The molecule has 1 aliphatic carbocycles. The third-order valence-corrected chi connectivity index (χ3v) is 5.27. The molecule has 4 rings (SSSR count). The first kappa shape index (κ1) is 17.0. The van der Waals surface area contributed by atoms with E-state index >= 15 is 0 Å². The number of amides is 1. The van der Waals surface area contributed by atoms with Crippen LogP contribution in [0.25, 0.3) is 0 Å². The largest absolute Gasteiger partial charge is 0.386 e. The Labute approximate surface area is 152 Å². The van der Waals surface area contributed by atoms with Gasteiger partial charge < -0.3 is 15.3 Å². The summed E-state index contributed by atoms with van der Waals surface area (Å²) in [6.07, 6.45) is 5.92. The molecule has 1 atom stereocenters. The molecule has 2 aliphatic rings. The Balaban J connectivity index is 1.41. The summed E-state index contributed by atoms with van der Waals surface area (Å²) >= 11 is 0. The third-order valence-electron chi connectivity index (χ3n) is 5.27. The van der Waals surface area contributed by atoms with Gasteiger partial charge in [-0.3, -0.25) is 9.89 Å². The van der Waals surface area contributed by atoms with Crippen LogP contribution in [0.1, 0.15) is 46.7 Å². The minimum Gasteiger partial charge on any atom is -0.386 e. The molecule has 0 aromatic carbocycles. The van der Waals surface area contributed by atoms with Crippen molar-refractivity contribution in [2.24, 2.45) is 0 Å². The number of piperidine rings is 1. The maximum atomic E-state index is 12.5. The van der Waals surface area contributed by atoms with E-state index in [1.807, 2.05) is 13.0 Å². The number of fused-ring (bicyclic) bond motifs is 1. The second kappa shape index (κ2) is 6.68. The van der Waals surface area contributed by atoms with Crippen LogP contribution in [0.15, 0.2) is 12.4 Å². The fourth-order valence-electron chi connectivity index (χ4n) is 3.90. The zero-order valence-corrected chi connectivity index (χ0v) is 15.0. The van der Waals surface area contributed by atoms with Crippen molar-refractivity contribution in [3.05, 3.63) is 35.0 Å². The highest BCUT2D eigenvalue weighted by atomic mass is 16.3. The Bertz CT molecular complexity index is 820. The smallest absolute Gasteiger partial charge is 0.272 e. The topological polar surface area (TPSA) is 107 Å². The minimum absolute atomic E-state index is 0.202. The Morgan fingerprint density at radius 3 is 3.12 bits per heavy atom. The van der Waals surface area contributed by atoms with E-state index in [-0.39, 0.29) is 12.5 Å². The van der Waals surface area contributed by atoms with Crippen LogP contribution < -0.4 is 10.2 Å². The lowest BCUT2D eigenvalue weighted by molar-refractivity contribution is 0.0253. The number of anilines is 1. The van der Waals surface area contributed by atoms with Crippen molar-refractivity contribution in [3.63, 3.8) is 0 Å². The lowest BCUT2D eigenvalue weighted by Gasteiger charge is -2.39. The average Bonchev–Trinajstić information content (AvgIpc) is 3.23. The van der Waals surface area contributed by atoms with E-state index in [1.54, 1.807) is 0 Å². The third kappa shape index (κ3) is 3.29. The van der Waals surface area contributed by atoms with Crippen LogP contribution in [0.4, 0.5) is 5.82 Å². The van der Waals surface area contributed by atoms with Gasteiger partial charge >= 0.3 is 0 Å². The van der Waals surface area contributed by atoms with Gasteiger partial charge in [0.2, 0.25) is 0 Å². The summed E-state index contributed by atoms with van der Waals surface area (Å²) in [4.78, 5) is 23.0. The van der Waals surface area contributed by atoms with Crippen LogP contribution >= 0.6 is 0 Å².